The van der Waals surface area contributed by atoms with Crippen LogP contribution >= 0.6 is 0 Å². The summed E-state index contributed by atoms with van der Waals surface area (Å²) in [6, 6.07) is 12.7. The number of halogens is 3. The first-order valence-corrected chi connectivity index (χ1v) is 12.9. The summed E-state index contributed by atoms with van der Waals surface area (Å²) in [5.41, 5.74) is 3.40. The molecule has 2 aromatic carbocycles. The Morgan fingerprint density at radius 3 is 2.52 bits per heavy atom. The van der Waals surface area contributed by atoms with Gasteiger partial charge >= 0.3 is 6.18 Å². The van der Waals surface area contributed by atoms with Gasteiger partial charge < -0.3 is 10.2 Å². The van der Waals surface area contributed by atoms with Crippen LogP contribution in [0.5, 0.6) is 0 Å². The molecule has 4 aromatic rings. The van der Waals surface area contributed by atoms with Crippen LogP contribution in [-0.4, -0.2) is 63.5 Å². The number of nitrogens with zero attached hydrogens (tertiary/aromatic N) is 5. The molecular formula is C30H29F3N6O. The molecule has 0 radical (unpaired) electrons. The fourth-order valence-electron chi connectivity index (χ4n) is 4.59. The van der Waals surface area contributed by atoms with E-state index in [4.69, 9.17) is 0 Å². The normalized spacial score (nSPS) is 14.7. The van der Waals surface area contributed by atoms with E-state index < -0.39 is 17.6 Å². The third kappa shape index (κ3) is 6.17. The zero-order valence-electron chi connectivity index (χ0n) is 22.5. The van der Waals surface area contributed by atoms with Crippen molar-refractivity contribution in [2.45, 2.75) is 26.6 Å². The van der Waals surface area contributed by atoms with E-state index in [0.717, 1.165) is 30.4 Å². The van der Waals surface area contributed by atoms with E-state index >= 15 is 0 Å². The van der Waals surface area contributed by atoms with E-state index in [0.29, 0.717) is 30.0 Å². The average Bonchev–Trinajstić information content (AvgIpc) is 3.31. The van der Waals surface area contributed by atoms with Crippen molar-refractivity contribution in [1.29, 1.82) is 0 Å². The summed E-state index contributed by atoms with van der Waals surface area (Å²) in [6.45, 7) is 7.00. The number of carbonyl (C=O) groups is 1. The maximum Gasteiger partial charge on any atom is 0.416 e. The van der Waals surface area contributed by atoms with Gasteiger partial charge in [-0.2, -0.15) is 18.3 Å². The largest absolute Gasteiger partial charge is 0.416 e. The summed E-state index contributed by atoms with van der Waals surface area (Å²) >= 11 is 0. The molecule has 1 N–H and O–H groups in total. The maximum absolute atomic E-state index is 14.0. The van der Waals surface area contributed by atoms with Gasteiger partial charge in [0.15, 0.2) is 5.65 Å². The van der Waals surface area contributed by atoms with Crippen molar-refractivity contribution >= 4 is 17.2 Å². The Hall–Kier alpha value is -4.20. The van der Waals surface area contributed by atoms with Gasteiger partial charge in [-0.3, -0.25) is 9.69 Å². The highest BCUT2D eigenvalue weighted by molar-refractivity contribution is 6.04. The second kappa shape index (κ2) is 11.1. The van der Waals surface area contributed by atoms with Crippen molar-refractivity contribution in [2.24, 2.45) is 0 Å². The zero-order chi connectivity index (χ0) is 28.4. The molecule has 40 heavy (non-hydrogen) atoms. The fourth-order valence-corrected chi connectivity index (χ4v) is 4.59. The Labute approximate surface area is 230 Å². The number of nitrogens with one attached hydrogen (secondary N) is 1. The molecule has 1 aliphatic rings. The van der Waals surface area contributed by atoms with Crippen molar-refractivity contribution in [3.05, 3.63) is 93.9 Å². The molecule has 1 fully saturated rings. The van der Waals surface area contributed by atoms with Crippen molar-refractivity contribution in [1.82, 2.24) is 24.4 Å². The second-order valence-corrected chi connectivity index (χ2v) is 10.1. The molecule has 206 valence electrons. The van der Waals surface area contributed by atoms with Gasteiger partial charge in [0.1, 0.15) is 5.69 Å². The summed E-state index contributed by atoms with van der Waals surface area (Å²) in [4.78, 5) is 21.5. The Balaban J connectivity index is 1.35. The van der Waals surface area contributed by atoms with E-state index in [1.165, 1.54) is 12.1 Å². The minimum absolute atomic E-state index is 0.0832. The lowest BCUT2D eigenvalue weighted by Gasteiger charge is -2.33. The third-order valence-electron chi connectivity index (χ3n) is 6.98. The van der Waals surface area contributed by atoms with Crippen LogP contribution in [0.15, 0.2) is 54.7 Å². The van der Waals surface area contributed by atoms with Crippen LogP contribution in [0.2, 0.25) is 0 Å². The van der Waals surface area contributed by atoms with Gasteiger partial charge in [-0.05, 0) is 74.3 Å². The number of amides is 1. The summed E-state index contributed by atoms with van der Waals surface area (Å²) < 4.78 is 43.5. The number of alkyl halides is 3. The predicted octanol–water partition coefficient (Wildman–Crippen LogP) is 4.76. The minimum Gasteiger partial charge on any atom is -0.322 e. The van der Waals surface area contributed by atoms with E-state index in [9.17, 15) is 18.0 Å². The molecule has 0 spiro atoms. The van der Waals surface area contributed by atoms with Gasteiger partial charge in [0.2, 0.25) is 0 Å². The summed E-state index contributed by atoms with van der Waals surface area (Å²) in [5, 5.41) is 7.05. The van der Waals surface area contributed by atoms with Crippen molar-refractivity contribution < 1.29 is 18.0 Å². The number of imidazole rings is 1. The highest BCUT2D eigenvalue weighted by Gasteiger charge is 2.34. The van der Waals surface area contributed by atoms with Gasteiger partial charge in [-0.1, -0.05) is 18.1 Å². The third-order valence-corrected chi connectivity index (χ3v) is 6.98. The summed E-state index contributed by atoms with van der Waals surface area (Å²) in [6.07, 6.45) is -2.91. The number of aryl methyl sites for hydroxylation is 2. The molecule has 1 amide bonds. The molecule has 10 heteroatoms. The number of likely N-dealkylation sites (N-methyl/N-ethyl adjacent to an activating group) is 1. The van der Waals surface area contributed by atoms with Crippen molar-refractivity contribution in [3.63, 3.8) is 0 Å². The Morgan fingerprint density at radius 2 is 1.77 bits per heavy atom. The first-order valence-electron chi connectivity index (χ1n) is 12.9. The average molecular weight is 547 g/mol. The quantitative estimate of drug-likeness (QED) is 0.374. The number of rotatable bonds is 4. The van der Waals surface area contributed by atoms with Crippen LogP contribution in [0.4, 0.5) is 18.9 Å². The lowest BCUT2D eigenvalue weighted by Crippen LogP contribution is -2.44. The van der Waals surface area contributed by atoms with Gasteiger partial charge in [-0.15, -0.1) is 0 Å². The van der Waals surface area contributed by atoms with Crippen LogP contribution in [0.3, 0.4) is 0 Å². The van der Waals surface area contributed by atoms with Gasteiger partial charge in [0, 0.05) is 49.5 Å². The first kappa shape index (κ1) is 27.4. The molecule has 1 aliphatic heterocycles. The van der Waals surface area contributed by atoms with E-state index in [-0.39, 0.29) is 23.4 Å². The number of hydrogen-bond donors (Lipinski definition) is 1. The number of piperazine rings is 1. The molecule has 2 aromatic heterocycles. The van der Waals surface area contributed by atoms with Crippen LogP contribution < -0.4 is 5.32 Å². The molecule has 3 heterocycles. The lowest BCUT2D eigenvalue weighted by molar-refractivity contribution is -0.138. The van der Waals surface area contributed by atoms with Crippen LogP contribution in [0, 0.1) is 25.7 Å². The Bertz CT molecular complexity index is 1620. The molecule has 5 rings (SSSR count). The van der Waals surface area contributed by atoms with Gasteiger partial charge in [-0.25, -0.2) is 9.50 Å². The molecular weight excluding hydrogens is 517 g/mol. The fraction of sp³-hybridized carbons (Fsp3) is 0.300. The van der Waals surface area contributed by atoms with Gasteiger partial charge in [0.05, 0.1) is 17.5 Å². The molecule has 0 unspecified atom stereocenters. The molecule has 0 saturated carbocycles. The number of benzene rings is 2. The predicted molar refractivity (Wildman–Crippen MR) is 147 cm³/mol. The number of aromatic nitrogens is 3. The maximum atomic E-state index is 14.0. The first-order chi connectivity index (χ1) is 19.1. The minimum atomic E-state index is -4.54. The van der Waals surface area contributed by atoms with Gasteiger partial charge in [0.25, 0.3) is 5.91 Å². The number of carbonyl (C=O) groups excluding carboxylic acids is 1. The molecule has 0 atom stereocenters. The molecule has 1 saturated heterocycles. The smallest absolute Gasteiger partial charge is 0.322 e. The van der Waals surface area contributed by atoms with Crippen LogP contribution in [0.25, 0.3) is 5.65 Å². The monoisotopic (exact) mass is 546 g/mol. The Kier molecular flexibility index (Phi) is 7.61. The standard InChI is InChI=1S/C30H29F3N6O/c1-20-4-6-23(16-22(20)8-10-26-18-34-28-11-5-21(2)36-39(26)28)29(40)35-25-9-7-24(27(17-25)30(31,32)33)19-38-14-12-37(3)13-15-38/h4-7,9,11,16-18H,12-15,19H2,1-3H3,(H,35,40). The number of hydrogen-bond acceptors (Lipinski definition) is 5. The van der Waals surface area contributed by atoms with Crippen LogP contribution in [-0.2, 0) is 12.7 Å². The van der Waals surface area contributed by atoms with Crippen LogP contribution in [0.1, 0.15) is 44.0 Å². The SMILES string of the molecule is Cc1ccc2ncc(C#Cc3cc(C(=O)Nc4ccc(CN5CCN(C)CC5)c(C(F)(F)F)c4)ccc3C)n2n1. The Morgan fingerprint density at radius 1 is 1.00 bits per heavy atom. The topological polar surface area (TPSA) is 65.8 Å². The van der Waals surface area contributed by atoms with E-state index in [1.54, 1.807) is 28.9 Å². The summed E-state index contributed by atoms with van der Waals surface area (Å²) in [7, 11) is 2.00. The molecule has 7 nitrogen and oxygen atoms in total. The highest BCUT2D eigenvalue weighted by Crippen LogP contribution is 2.34. The van der Waals surface area contributed by atoms with E-state index in [2.05, 4.69) is 32.1 Å². The zero-order valence-corrected chi connectivity index (χ0v) is 22.5. The summed E-state index contributed by atoms with van der Waals surface area (Å²) in [5.74, 6) is 5.62. The second-order valence-electron chi connectivity index (χ2n) is 10.1. The number of anilines is 1. The van der Waals surface area contributed by atoms with Crippen molar-refractivity contribution in [2.75, 3.05) is 38.5 Å². The highest BCUT2D eigenvalue weighted by atomic mass is 19.4. The number of fused-ring (bicyclic) bond motifs is 1. The molecule has 0 bridgehead atoms. The van der Waals surface area contributed by atoms with Crippen molar-refractivity contribution in [3.8, 4) is 11.8 Å². The lowest BCUT2D eigenvalue weighted by atomic mass is 10.0. The molecule has 0 aliphatic carbocycles. The van der Waals surface area contributed by atoms with E-state index in [1.807, 2.05) is 37.9 Å².